The van der Waals surface area contributed by atoms with Crippen molar-refractivity contribution >= 4 is 22.8 Å². The van der Waals surface area contributed by atoms with Crippen LogP contribution >= 0.6 is 11.3 Å². The Labute approximate surface area is 116 Å². The zero-order valence-corrected chi connectivity index (χ0v) is 11.6. The lowest BCUT2D eigenvalue weighted by Gasteiger charge is -2.17. The predicted molar refractivity (Wildman–Crippen MR) is 79.0 cm³/mol. The monoisotopic (exact) mass is 272 g/mol. The quantitative estimate of drug-likeness (QED) is 0.872. The van der Waals surface area contributed by atoms with Gasteiger partial charge >= 0.3 is 0 Å². The standard InChI is InChI=1S/C14H16N4S/c1-2-4-11(13-5-3-8-19-13)17-14-7-6-10(16)12(9-15)18-14/h3,5-8,11H,2,4,16H2,1H3,(H,17,18). The summed E-state index contributed by atoms with van der Waals surface area (Å²) in [7, 11) is 0. The largest absolute Gasteiger partial charge is 0.396 e. The number of nitrogens with one attached hydrogen (secondary N) is 1. The number of rotatable bonds is 5. The Balaban J connectivity index is 2.20. The van der Waals surface area contributed by atoms with Gasteiger partial charge in [0.05, 0.1) is 11.7 Å². The van der Waals surface area contributed by atoms with Crippen molar-refractivity contribution in [2.75, 3.05) is 11.1 Å². The van der Waals surface area contributed by atoms with Crippen LogP contribution in [0.25, 0.3) is 0 Å². The molecule has 5 heteroatoms. The summed E-state index contributed by atoms with van der Waals surface area (Å²) in [6, 6.07) is 9.91. The maximum absolute atomic E-state index is 8.95. The van der Waals surface area contributed by atoms with Crippen LogP contribution in [0.2, 0.25) is 0 Å². The maximum Gasteiger partial charge on any atom is 0.165 e. The molecule has 0 saturated carbocycles. The van der Waals surface area contributed by atoms with Crippen LogP contribution in [0.1, 0.15) is 36.4 Å². The summed E-state index contributed by atoms with van der Waals surface area (Å²) in [5.41, 5.74) is 6.36. The Morgan fingerprint density at radius 3 is 2.95 bits per heavy atom. The Kier molecular flexibility index (Phi) is 4.37. The number of nitrogen functional groups attached to an aromatic ring is 1. The van der Waals surface area contributed by atoms with Gasteiger partial charge in [-0.25, -0.2) is 4.98 Å². The van der Waals surface area contributed by atoms with E-state index in [0.717, 1.165) is 12.8 Å². The molecule has 0 amide bonds. The van der Waals surface area contributed by atoms with Gasteiger partial charge in [0, 0.05) is 4.88 Å². The third kappa shape index (κ3) is 3.24. The van der Waals surface area contributed by atoms with Gasteiger partial charge in [-0.05, 0) is 30.0 Å². The minimum absolute atomic E-state index is 0.229. The fraction of sp³-hybridized carbons (Fsp3) is 0.286. The fourth-order valence-corrected chi connectivity index (χ4v) is 2.69. The van der Waals surface area contributed by atoms with Crippen LogP contribution in [0.15, 0.2) is 29.6 Å². The number of nitriles is 1. The van der Waals surface area contributed by atoms with E-state index >= 15 is 0 Å². The highest BCUT2D eigenvalue weighted by atomic mass is 32.1. The van der Waals surface area contributed by atoms with Crippen molar-refractivity contribution < 1.29 is 0 Å². The first-order valence-corrected chi connectivity index (χ1v) is 7.09. The molecule has 2 aromatic rings. The van der Waals surface area contributed by atoms with Crippen molar-refractivity contribution in [3.8, 4) is 6.07 Å². The van der Waals surface area contributed by atoms with E-state index in [4.69, 9.17) is 11.0 Å². The van der Waals surface area contributed by atoms with Crippen LogP contribution in [0.5, 0.6) is 0 Å². The summed E-state index contributed by atoms with van der Waals surface area (Å²) >= 11 is 1.72. The highest BCUT2D eigenvalue weighted by molar-refractivity contribution is 7.10. The number of pyridine rings is 1. The molecule has 0 aliphatic carbocycles. The molecule has 0 aliphatic heterocycles. The molecule has 2 aromatic heterocycles. The summed E-state index contributed by atoms with van der Waals surface area (Å²) < 4.78 is 0. The molecule has 0 saturated heterocycles. The topological polar surface area (TPSA) is 74.7 Å². The van der Waals surface area contributed by atoms with Crippen molar-refractivity contribution in [2.45, 2.75) is 25.8 Å². The number of nitrogens with two attached hydrogens (primary N) is 1. The molecule has 0 aliphatic rings. The average Bonchev–Trinajstić information content (AvgIpc) is 2.94. The highest BCUT2D eigenvalue weighted by Crippen LogP contribution is 2.27. The van der Waals surface area contributed by atoms with E-state index in [0.29, 0.717) is 11.5 Å². The number of hydrogen-bond acceptors (Lipinski definition) is 5. The highest BCUT2D eigenvalue weighted by Gasteiger charge is 2.12. The molecule has 1 unspecified atom stereocenters. The van der Waals surface area contributed by atoms with Crippen LogP contribution in [0.4, 0.5) is 11.5 Å². The minimum Gasteiger partial charge on any atom is -0.396 e. The van der Waals surface area contributed by atoms with E-state index in [2.05, 4.69) is 28.7 Å². The van der Waals surface area contributed by atoms with Gasteiger partial charge in [-0.15, -0.1) is 11.3 Å². The smallest absolute Gasteiger partial charge is 0.165 e. The van der Waals surface area contributed by atoms with E-state index < -0.39 is 0 Å². The molecule has 0 bridgehead atoms. The third-order valence-electron chi connectivity index (χ3n) is 2.82. The zero-order valence-electron chi connectivity index (χ0n) is 10.8. The molecule has 0 spiro atoms. The van der Waals surface area contributed by atoms with Gasteiger partial charge in [0.1, 0.15) is 11.9 Å². The van der Waals surface area contributed by atoms with E-state index in [-0.39, 0.29) is 11.7 Å². The van der Waals surface area contributed by atoms with Gasteiger partial charge in [0.15, 0.2) is 5.69 Å². The first kappa shape index (κ1) is 13.4. The summed E-state index contributed by atoms with van der Waals surface area (Å²) in [6.07, 6.45) is 2.10. The molecule has 19 heavy (non-hydrogen) atoms. The van der Waals surface area contributed by atoms with Crippen molar-refractivity contribution in [2.24, 2.45) is 0 Å². The van der Waals surface area contributed by atoms with E-state index in [9.17, 15) is 0 Å². The zero-order chi connectivity index (χ0) is 13.7. The SMILES string of the molecule is CCCC(Nc1ccc(N)c(C#N)n1)c1cccs1. The van der Waals surface area contributed by atoms with E-state index in [1.807, 2.05) is 18.2 Å². The molecule has 1 atom stereocenters. The molecule has 4 nitrogen and oxygen atoms in total. The second-order valence-corrected chi connectivity index (χ2v) is 5.23. The summed E-state index contributed by atoms with van der Waals surface area (Å²) in [4.78, 5) is 5.51. The molecule has 0 radical (unpaired) electrons. The molecular formula is C14H16N4S. The van der Waals surface area contributed by atoms with Gasteiger partial charge in [0.2, 0.25) is 0 Å². The second kappa shape index (κ2) is 6.21. The van der Waals surface area contributed by atoms with Crippen molar-refractivity contribution in [1.82, 2.24) is 4.98 Å². The normalized spacial score (nSPS) is 11.8. The van der Waals surface area contributed by atoms with Crippen LogP contribution in [-0.2, 0) is 0 Å². The number of hydrogen-bond donors (Lipinski definition) is 2. The number of aromatic nitrogens is 1. The van der Waals surface area contributed by atoms with Crippen LogP contribution < -0.4 is 11.1 Å². The first-order valence-electron chi connectivity index (χ1n) is 6.21. The van der Waals surface area contributed by atoms with Crippen LogP contribution in [0, 0.1) is 11.3 Å². The maximum atomic E-state index is 8.95. The molecule has 2 heterocycles. The molecule has 0 fully saturated rings. The number of thiophene rings is 1. The van der Waals surface area contributed by atoms with E-state index in [1.54, 1.807) is 17.4 Å². The second-order valence-electron chi connectivity index (χ2n) is 4.25. The van der Waals surface area contributed by atoms with Gasteiger partial charge in [-0.3, -0.25) is 0 Å². The van der Waals surface area contributed by atoms with Crippen LogP contribution in [0.3, 0.4) is 0 Å². The van der Waals surface area contributed by atoms with Gasteiger partial charge in [0.25, 0.3) is 0 Å². The van der Waals surface area contributed by atoms with Gasteiger partial charge in [-0.2, -0.15) is 5.26 Å². The summed E-state index contributed by atoms with van der Waals surface area (Å²) in [6.45, 7) is 2.15. The lowest BCUT2D eigenvalue weighted by molar-refractivity contribution is 0.684. The first-order chi connectivity index (χ1) is 9.24. The van der Waals surface area contributed by atoms with Crippen molar-refractivity contribution in [3.05, 3.63) is 40.2 Å². The van der Waals surface area contributed by atoms with Crippen LogP contribution in [-0.4, -0.2) is 4.98 Å². The average molecular weight is 272 g/mol. The lowest BCUT2D eigenvalue weighted by atomic mass is 10.1. The predicted octanol–water partition coefficient (Wildman–Crippen LogP) is 3.55. The fourth-order valence-electron chi connectivity index (χ4n) is 1.88. The van der Waals surface area contributed by atoms with Crippen molar-refractivity contribution in [1.29, 1.82) is 5.26 Å². The molecule has 2 rings (SSSR count). The number of anilines is 2. The van der Waals surface area contributed by atoms with Gasteiger partial charge < -0.3 is 11.1 Å². The third-order valence-corrected chi connectivity index (χ3v) is 3.80. The Morgan fingerprint density at radius 1 is 1.47 bits per heavy atom. The number of nitrogens with zero attached hydrogens (tertiary/aromatic N) is 2. The lowest BCUT2D eigenvalue weighted by Crippen LogP contribution is -2.11. The molecular weight excluding hydrogens is 256 g/mol. The summed E-state index contributed by atoms with van der Waals surface area (Å²) in [5, 5.41) is 14.4. The summed E-state index contributed by atoms with van der Waals surface area (Å²) in [5.74, 6) is 0.692. The molecule has 3 N–H and O–H groups in total. The molecule has 0 aromatic carbocycles. The van der Waals surface area contributed by atoms with Gasteiger partial charge in [-0.1, -0.05) is 19.4 Å². The Hall–Kier alpha value is -2.06. The minimum atomic E-state index is 0.229. The molecule has 98 valence electrons. The Bertz CT molecular complexity index is 572. The van der Waals surface area contributed by atoms with E-state index in [1.165, 1.54) is 4.88 Å². The Morgan fingerprint density at radius 2 is 2.32 bits per heavy atom. The van der Waals surface area contributed by atoms with Crippen molar-refractivity contribution in [3.63, 3.8) is 0 Å².